The van der Waals surface area contributed by atoms with Gasteiger partial charge in [0.2, 0.25) is 0 Å². The van der Waals surface area contributed by atoms with Crippen molar-refractivity contribution in [3.8, 4) is 35.5 Å². The molecule has 0 aromatic carbocycles. The Morgan fingerprint density at radius 2 is 1.80 bits per heavy atom. The van der Waals surface area contributed by atoms with Crippen LogP contribution in [0.15, 0.2) is 0 Å². The van der Waals surface area contributed by atoms with Crippen LogP contribution >= 0.6 is 0 Å². The average molecular weight is 132 g/mol. The molecule has 0 amide bonds. The van der Waals surface area contributed by atoms with Gasteiger partial charge < -0.3 is 5.11 Å². The number of carboxylic acids is 1. The van der Waals surface area contributed by atoms with Crippen LogP contribution in [0.5, 0.6) is 0 Å². The number of carbonyl (C=O) groups is 1. The molecule has 48 valence electrons. The largest absolute Gasteiger partial charge is 0.472 e. The summed E-state index contributed by atoms with van der Waals surface area (Å²) in [5.41, 5.74) is 0. The molecule has 0 aliphatic heterocycles. The van der Waals surface area contributed by atoms with Crippen LogP contribution < -0.4 is 0 Å². The Hall–Kier alpha value is -1.85. The van der Waals surface area contributed by atoms with Gasteiger partial charge in [0.15, 0.2) is 0 Å². The minimum absolute atomic E-state index is 1.18. The molecule has 0 aliphatic carbocycles. The summed E-state index contributed by atoms with van der Waals surface area (Å²) in [6.07, 6.45) is 0. The van der Waals surface area contributed by atoms with Crippen molar-refractivity contribution >= 4 is 5.97 Å². The first-order chi connectivity index (χ1) is 4.77. The number of rotatable bonds is 0. The molecule has 0 aliphatic rings. The van der Waals surface area contributed by atoms with Crippen molar-refractivity contribution in [2.24, 2.45) is 0 Å². The summed E-state index contributed by atoms with van der Waals surface area (Å²) < 4.78 is 0. The topological polar surface area (TPSA) is 37.3 Å². The Morgan fingerprint density at radius 3 is 2.30 bits per heavy atom. The summed E-state index contributed by atoms with van der Waals surface area (Å²) in [5.74, 6) is 12.3. The highest BCUT2D eigenvalue weighted by Crippen LogP contribution is 1.56. The molecular weight excluding hydrogens is 128 g/mol. The maximum absolute atomic E-state index is 9.75. The first kappa shape index (κ1) is 8.15. The second-order valence-corrected chi connectivity index (χ2v) is 1.18. The summed E-state index contributed by atoms with van der Waals surface area (Å²) in [6, 6.07) is 0. The van der Waals surface area contributed by atoms with Gasteiger partial charge in [0.25, 0.3) is 0 Å². The molecule has 0 saturated carbocycles. The molecule has 0 bridgehead atoms. The van der Waals surface area contributed by atoms with Crippen LogP contribution in [0.3, 0.4) is 0 Å². The van der Waals surface area contributed by atoms with Crippen molar-refractivity contribution in [3.63, 3.8) is 0 Å². The highest BCUT2D eigenvalue weighted by molar-refractivity contribution is 5.87. The van der Waals surface area contributed by atoms with Crippen molar-refractivity contribution < 1.29 is 9.90 Å². The fourth-order valence-corrected chi connectivity index (χ4v) is 0.210. The molecule has 0 aromatic heterocycles. The second kappa shape index (κ2) is 5.29. The third-order valence-electron chi connectivity index (χ3n) is 0.482. The highest BCUT2D eigenvalue weighted by atomic mass is 16.4. The summed E-state index contributed by atoms with van der Waals surface area (Å²) in [7, 11) is 0. The fourth-order valence-electron chi connectivity index (χ4n) is 0.210. The van der Waals surface area contributed by atoms with Crippen LogP contribution in [0.1, 0.15) is 6.92 Å². The first-order valence-corrected chi connectivity index (χ1v) is 2.43. The molecule has 10 heavy (non-hydrogen) atoms. The quantitative estimate of drug-likeness (QED) is 0.475. The predicted molar refractivity (Wildman–Crippen MR) is 36.6 cm³/mol. The summed E-state index contributed by atoms with van der Waals surface area (Å²) in [4.78, 5) is 9.75. The van der Waals surface area contributed by atoms with Gasteiger partial charge in [-0.1, -0.05) is 5.92 Å². The van der Waals surface area contributed by atoms with E-state index in [9.17, 15) is 4.79 Å². The minimum atomic E-state index is -1.18. The monoisotopic (exact) mass is 132 g/mol. The second-order valence-electron chi connectivity index (χ2n) is 1.18. The maximum atomic E-state index is 9.75. The third kappa shape index (κ3) is 6.15. The van der Waals surface area contributed by atoms with E-state index >= 15 is 0 Å². The van der Waals surface area contributed by atoms with E-state index in [0.29, 0.717) is 0 Å². The molecule has 0 rings (SSSR count). The Labute approximate surface area is 59.2 Å². The van der Waals surface area contributed by atoms with Crippen LogP contribution in [0.4, 0.5) is 0 Å². The van der Waals surface area contributed by atoms with Gasteiger partial charge in [0.1, 0.15) is 0 Å². The van der Waals surface area contributed by atoms with E-state index in [1.54, 1.807) is 6.92 Å². The standard InChI is InChI=1S/C8H4O2/c1-2-3-4-5-6-7-8(9)10/h1H3,(H,9,10). The van der Waals surface area contributed by atoms with Gasteiger partial charge >= 0.3 is 5.97 Å². The zero-order valence-corrected chi connectivity index (χ0v) is 5.36. The van der Waals surface area contributed by atoms with Crippen LogP contribution in [0.25, 0.3) is 0 Å². The lowest BCUT2D eigenvalue weighted by Gasteiger charge is -1.63. The number of aliphatic carboxylic acids is 1. The maximum Gasteiger partial charge on any atom is 0.382 e. The van der Waals surface area contributed by atoms with Crippen molar-refractivity contribution in [1.29, 1.82) is 0 Å². The lowest BCUT2D eigenvalue weighted by atomic mass is 10.5. The van der Waals surface area contributed by atoms with E-state index < -0.39 is 5.97 Å². The van der Waals surface area contributed by atoms with Crippen molar-refractivity contribution in [3.05, 3.63) is 0 Å². The SMILES string of the molecule is CC#CC#CC#CC(=O)O. The molecule has 0 radical (unpaired) electrons. The van der Waals surface area contributed by atoms with E-state index in [4.69, 9.17) is 5.11 Å². The number of carboxylic acid groups (broad SMARTS) is 1. The van der Waals surface area contributed by atoms with Gasteiger partial charge in [-0.15, -0.1) is 0 Å². The molecule has 0 atom stereocenters. The Balaban J connectivity index is 3.98. The van der Waals surface area contributed by atoms with Gasteiger partial charge in [-0.25, -0.2) is 4.79 Å². The van der Waals surface area contributed by atoms with Crippen molar-refractivity contribution in [2.75, 3.05) is 0 Å². The van der Waals surface area contributed by atoms with Gasteiger partial charge in [-0.3, -0.25) is 0 Å². The first-order valence-electron chi connectivity index (χ1n) is 2.43. The normalized spacial score (nSPS) is 4.90. The fraction of sp³-hybridized carbons (Fsp3) is 0.125. The lowest BCUT2D eigenvalue weighted by Crippen LogP contribution is -1.85. The number of hydrogen-bond donors (Lipinski definition) is 1. The number of hydrogen-bond acceptors (Lipinski definition) is 1. The molecule has 0 aromatic rings. The molecule has 2 nitrogen and oxygen atoms in total. The molecular formula is C8H4O2. The van der Waals surface area contributed by atoms with Crippen molar-refractivity contribution in [1.82, 2.24) is 0 Å². The zero-order chi connectivity index (χ0) is 7.82. The predicted octanol–water partition coefficient (Wildman–Crippen LogP) is 0.101. The smallest absolute Gasteiger partial charge is 0.382 e. The summed E-state index contributed by atoms with van der Waals surface area (Å²) >= 11 is 0. The van der Waals surface area contributed by atoms with Crippen LogP contribution in [-0.4, -0.2) is 11.1 Å². The van der Waals surface area contributed by atoms with E-state index in [1.165, 1.54) is 0 Å². The molecule has 0 saturated heterocycles. The Morgan fingerprint density at radius 1 is 1.20 bits per heavy atom. The summed E-state index contributed by atoms with van der Waals surface area (Å²) in [6.45, 7) is 1.64. The van der Waals surface area contributed by atoms with Gasteiger partial charge in [-0.05, 0) is 30.6 Å². The van der Waals surface area contributed by atoms with Gasteiger partial charge in [0.05, 0.1) is 0 Å². The molecule has 2 heteroatoms. The lowest BCUT2D eigenvalue weighted by molar-refractivity contribution is -0.130. The van der Waals surface area contributed by atoms with Crippen LogP contribution in [0, 0.1) is 35.5 Å². The minimum Gasteiger partial charge on any atom is -0.472 e. The highest BCUT2D eigenvalue weighted by Gasteiger charge is 1.78. The molecule has 0 fully saturated rings. The Kier molecular flexibility index (Phi) is 4.31. The average Bonchev–Trinajstić information content (AvgIpc) is 1.87. The molecule has 0 spiro atoms. The van der Waals surface area contributed by atoms with E-state index in [1.807, 2.05) is 5.92 Å². The molecule has 1 N–H and O–H groups in total. The van der Waals surface area contributed by atoms with E-state index in [-0.39, 0.29) is 0 Å². The van der Waals surface area contributed by atoms with Crippen molar-refractivity contribution in [2.45, 2.75) is 6.92 Å². The molecule has 0 unspecified atom stereocenters. The van der Waals surface area contributed by atoms with E-state index in [2.05, 4.69) is 29.6 Å². The zero-order valence-electron chi connectivity index (χ0n) is 5.36. The summed E-state index contributed by atoms with van der Waals surface area (Å²) in [5, 5.41) is 7.99. The van der Waals surface area contributed by atoms with E-state index in [0.717, 1.165) is 0 Å². The van der Waals surface area contributed by atoms with Crippen LogP contribution in [-0.2, 0) is 4.79 Å². The molecule has 0 heterocycles. The van der Waals surface area contributed by atoms with Crippen LogP contribution in [0.2, 0.25) is 0 Å². The van der Waals surface area contributed by atoms with Gasteiger partial charge in [-0.2, -0.15) is 0 Å². The van der Waals surface area contributed by atoms with Gasteiger partial charge in [0, 0.05) is 5.92 Å². The third-order valence-corrected chi connectivity index (χ3v) is 0.482. The Bertz CT molecular complexity index is 293.